The van der Waals surface area contributed by atoms with Crippen LogP contribution in [0.4, 0.5) is 5.69 Å². The normalized spacial score (nSPS) is 10.0. The number of amides is 1. The van der Waals surface area contributed by atoms with Gasteiger partial charge < -0.3 is 14.8 Å². The van der Waals surface area contributed by atoms with Gasteiger partial charge in [-0.05, 0) is 31.2 Å². The van der Waals surface area contributed by atoms with Crippen molar-refractivity contribution >= 4 is 29.3 Å². The Bertz CT molecular complexity index is 676. The molecule has 0 heterocycles. The Labute approximate surface area is 145 Å². The molecule has 0 aromatic heterocycles. The molecule has 0 fully saturated rings. The number of hydrogen-bond donors (Lipinski definition) is 1. The number of nitrogens with one attached hydrogen (secondary N) is 1. The average Bonchev–Trinajstić information content (AvgIpc) is 2.58. The van der Waals surface area contributed by atoms with Crippen LogP contribution in [0.25, 0.3) is 0 Å². The van der Waals surface area contributed by atoms with Gasteiger partial charge in [-0.15, -0.1) is 11.8 Å². The Kier molecular flexibility index (Phi) is 7.17. The molecule has 0 aliphatic rings. The summed E-state index contributed by atoms with van der Waals surface area (Å²) in [5, 5.41) is 2.80. The van der Waals surface area contributed by atoms with Crippen LogP contribution in [0, 0.1) is 0 Å². The smallest absolute Gasteiger partial charge is 0.315 e. The van der Waals surface area contributed by atoms with E-state index in [4.69, 9.17) is 9.47 Å². The topological polar surface area (TPSA) is 64.6 Å². The molecule has 0 saturated heterocycles. The van der Waals surface area contributed by atoms with Gasteiger partial charge in [-0.1, -0.05) is 30.3 Å². The number of carbonyl (C=O) groups is 2. The summed E-state index contributed by atoms with van der Waals surface area (Å²) >= 11 is 1.21. The summed E-state index contributed by atoms with van der Waals surface area (Å²) in [4.78, 5) is 23.3. The molecule has 0 unspecified atom stereocenters. The van der Waals surface area contributed by atoms with Crippen molar-refractivity contribution in [2.45, 2.75) is 6.92 Å². The van der Waals surface area contributed by atoms with Crippen molar-refractivity contribution in [1.29, 1.82) is 0 Å². The van der Waals surface area contributed by atoms with Crippen molar-refractivity contribution in [3.05, 3.63) is 54.6 Å². The van der Waals surface area contributed by atoms with E-state index in [1.54, 1.807) is 19.1 Å². The quantitative estimate of drug-likeness (QED) is 0.739. The minimum absolute atomic E-state index is 0.156. The highest BCUT2D eigenvalue weighted by Gasteiger charge is 2.10. The number of ether oxygens (including phenoxy) is 2. The van der Waals surface area contributed by atoms with Crippen LogP contribution in [0.15, 0.2) is 54.6 Å². The predicted octanol–water partition coefficient (Wildman–Crippen LogP) is 3.71. The highest BCUT2D eigenvalue weighted by Crippen LogP contribution is 2.29. The van der Waals surface area contributed by atoms with Crippen LogP contribution in [0.1, 0.15) is 6.92 Å². The van der Waals surface area contributed by atoms with E-state index in [9.17, 15) is 9.59 Å². The molecule has 0 radical (unpaired) electrons. The lowest BCUT2D eigenvalue weighted by atomic mass is 10.3. The van der Waals surface area contributed by atoms with Crippen molar-refractivity contribution in [1.82, 2.24) is 0 Å². The highest BCUT2D eigenvalue weighted by molar-refractivity contribution is 8.00. The maximum absolute atomic E-state index is 12.0. The first-order valence-electron chi connectivity index (χ1n) is 7.54. The summed E-state index contributed by atoms with van der Waals surface area (Å²) in [6.45, 7) is 2.09. The molecule has 2 rings (SSSR count). The van der Waals surface area contributed by atoms with E-state index in [1.165, 1.54) is 11.8 Å². The number of benzene rings is 2. The molecule has 0 saturated carbocycles. The zero-order valence-electron chi connectivity index (χ0n) is 13.4. The van der Waals surface area contributed by atoms with E-state index >= 15 is 0 Å². The molecule has 6 heteroatoms. The maximum Gasteiger partial charge on any atom is 0.315 e. The van der Waals surface area contributed by atoms with Crippen LogP contribution in [-0.4, -0.2) is 30.0 Å². The minimum Gasteiger partial charge on any atom is -0.465 e. The van der Waals surface area contributed by atoms with Gasteiger partial charge in [0.2, 0.25) is 5.91 Å². The van der Waals surface area contributed by atoms with Gasteiger partial charge in [-0.25, -0.2) is 0 Å². The van der Waals surface area contributed by atoms with Gasteiger partial charge in [0, 0.05) is 0 Å². The summed E-state index contributed by atoms with van der Waals surface area (Å²) in [5.41, 5.74) is 0.586. The van der Waals surface area contributed by atoms with Crippen LogP contribution in [0.5, 0.6) is 11.5 Å². The zero-order valence-corrected chi connectivity index (χ0v) is 14.2. The fourth-order valence-electron chi connectivity index (χ4n) is 1.89. The number of anilines is 1. The van der Waals surface area contributed by atoms with Crippen molar-refractivity contribution in [3.63, 3.8) is 0 Å². The molecule has 0 atom stereocenters. The molecule has 0 bridgehead atoms. The number of para-hydroxylation sites is 3. The molecule has 2 aromatic carbocycles. The Balaban J connectivity index is 1.90. The van der Waals surface area contributed by atoms with Crippen LogP contribution >= 0.6 is 11.8 Å². The van der Waals surface area contributed by atoms with Crippen LogP contribution in [0.3, 0.4) is 0 Å². The maximum atomic E-state index is 12.0. The number of rotatable bonds is 8. The lowest BCUT2D eigenvalue weighted by Crippen LogP contribution is -2.16. The Morgan fingerprint density at radius 1 is 1.00 bits per heavy atom. The molecule has 0 spiro atoms. The molecule has 0 aliphatic carbocycles. The number of hydrogen-bond acceptors (Lipinski definition) is 5. The Morgan fingerprint density at radius 2 is 1.71 bits per heavy atom. The predicted molar refractivity (Wildman–Crippen MR) is 95.5 cm³/mol. The van der Waals surface area contributed by atoms with Gasteiger partial charge in [-0.3, -0.25) is 9.59 Å². The number of esters is 1. The molecule has 1 N–H and O–H groups in total. The first kappa shape index (κ1) is 17.9. The van der Waals surface area contributed by atoms with Gasteiger partial charge in [-0.2, -0.15) is 0 Å². The first-order valence-corrected chi connectivity index (χ1v) is 8.69. The van der Waals surface area contributed by atoms with E-state index in [1.807, 2.05) is 42.5 Å². The number of carbonyl (C=O) groups excluding carboxylic acids is 2. The molecule has 24 heavy (non-hydrogen) atoms. The monoisotopic (exact) mass is 345 g/mol. The third-order valence-corrected chi connectivity index (χ3v) is 3.80. The van der Waals surface area contributed by atoms with Crippen LogP contribution in [0.2, 0.25) is 0 Å². The molecule has 5 nitrogen and oxygen atoms in total. The summed E-state index contributed by atoms with van der Waals surface area (Å²) in [7, 11) is 0. The van der Waals surface area contributed by atoms with Crippen molar-refractivity contribution in [3.8, 4) is 11.5 Å². The van der Waals surface area contributed by atoms with E-state index in [-0.39, 0.29) is 23.4 Å². The first-order chi connectivity index (χ1) is 11.7. The van der Waals surface area contributed by atoms with Gasteiger partial charge in [0.1, 0.15) is 5.75 Å². The van der Waals surface area contributed by atoms with Crippen molar-refractivity contribution < 1.29 is 19.1 Å². The average molecular weight is 345 g/mol. The van der Waals surface area contributed by atoms with E-state index in [0.29, 0.717) is 23.8 Å². The molecule has 126 valence electrons. The third kappa shape index (κ3) is 5.96. The molecular formula is C18H19NO4S. The molecular weight excluding hydrogens is 326 g/mol. The Hall–Kier alpha value is -2.47. The zero-order chi connectivity index (χ0) is 17.2. The highest BCUT2D eigenvalue weighted by atomic mass is 32.2. The molecule has 0 aliphatic heterocycles. The third-order valence-electron chi connectivity index (χ3n) is 2.89. The lowest BCUT2D eigenvalue weighted by Gasteiger charge is -2.12. The second-order valence-corrected chi connectivity index (χ2v) is 5.74. The van der Waals surface area contributed by atoms with Crippen molar-refractivity contribution in [2.75, 3.05) is 23.4 Å². The summed E-state index contributed by atoms with van der Waals surface area (Å²) in [5.74, 6) is 1.06. The fourth-order valence-corrected chi connectivity index (χ4v) is 2.50. The van der Waals surface area contributed by atoms with E-state index < -0.39 is 0 Å². The van der Waals surface area contributed by atoms with Crippen molar-refractivity contribution in [2.24, 2.45) is 0 Å². The number of thioether (sulfide) groups is 1. The molecule has 1 amide bonds. The van der Waals surface area contributed by atoms with Crippen LogP contribution < -0.4 is 10.1 Å². The standard InChI is InChI=1S/C18H19NO4S/c1-2-22-18(21)13-24-12-17(20)19-15-10-6-7-11-16(15)23-14-8-4-3-5-9-14/h3-11H,2,12-13H2,1H3,(H,19,20). The Morgan fingerprint density at radius 3 is 2.46 bits per heavy atom. The lowest BCUT2D eigenvalue weighted by molar-refractivity contribution is -0.139. The van der Waals surface area contributed by atoms with E-state index in [0.717, 1.165) is 0 Å². The van der Waals surface area contributed by atoms with Gasteiger partial charge in [0.25, 0.3) is 0 Å². The van der Waals surface area contributed by atoms with Gasteiger partial charge >= 0.3 is 5.97 Å². The minimum atomic E-state index is -0.317. The fraction of sp³-hybridized carbons (Fsp3) is 0.222. The van der Waals surface area contributed by atoms with Gasteiger partial charge in [0.15, 0.2) is 5.75 Å². The largest absolute Gasteiger partial charge is 0.465 e. The second-order valence-electron chi connectivity index (χ2n) is 4.76. The second kappa shape index (κ2) is 9.62. The summed E-state index contributed by atoms with van der Waals surface area (Å²) in [6, 6.07) is 16.6. The van der Waals surface area contributed by atoms with Crippen LogP contribution in [-0.2, 0) is 14.3 Å². The van der Waals surface area contributed by atoms with E-state index in [2.05, 4.69) is 5.32 Å². The SMILES string of the molecule is CCOC(=O)CSCC(=O)Nc1ccccc1Oc1ccccc1. The molecule has 2 aromatic rings. The van der Waals surface area contributed by atoms with Gasteiger partial charge in [0.05, 0.1) is 23.8 Å². The summed E-state index contributed by atoms with van der Waals surface area (Å²) < 4.78 is 10.6. The summed E-state index contributed by atoms with van der Waals surface area (Å²) in [6.07, 6.45) is 0.